The second-order valence-electron chi connectivity index (χ2n) is 4.11. The lowest BCUT2D eigenvalue weighted by atomic mass is 10.2. The maximum absolute atomic E-state index is 11.8. The second-order valence-corrected chi connectivity index (χ2v) is 4.11. The Morgan fingerprint density at radius 1 is 1.05 bits per heavy atom. The van der Waals surface area contributed by atoms with E-state index in [0.717, 1.165) is 0 Å². The lowest BCUT2D eigenvalue weighted by Crippen LogP contribution is -2.04. The molecule has 0 heterocycles. The van der Waals surface area contributed by atoms with Gasteiger partial charge in [-0.3, -0.25) is 10.1 Å². The lowest BCUT2D eigenvalue weighted by Gasteiger charge is -2.05. The number of anilines is 1. The molecule has 0 unspecified atom stereocenters. The van der Waals surface area contributed by atoms with Crippen LogP contribution in [0.15, 0.2) is 53.8 Å². The number of hydrogen-bond acceptors (Lipinski definition) is 5. The van der Waals surface area contributed by atoms with E-state index in [4.69, 9.17) is 5.11 Å². The first-order valence-corrected chi connectivity index (χ1v) is 5.99. The van der Waals surface area contributed by atoms with Crippen molar-refractivity contribution < 1.29 is 19.7 Å². The van der Waals surface area contributed by atoms with Crippen LogP contribution in [0.2, 0.25) is 0 Å². The Morgan fingerprint density at radius 3 is 2.23 bits per heavy atom. The average molecular weight is 302 g/mol. The van der Waals surface area contributed by atoms with Crippen LogP contribution in [0, 0.1) is 15.3 Å². The van der Waals surface area contributed by atoms with Gasteiger partial charge in [0, 0.05) is 12.1 Å². The van der Waals surface area contributed by atoms with Crippen LogP contribution in [0.3, 0.4) is 0 Å². The highest BCUT2D eigenvalue weighted by Gasteiger charge is 2.12. The summed E-state index contributed by atoms with van der Waals surface area (Å²) < 4.78 is 0. The molecule has 0 radical (unpaired) electrons. The minimum absolute atomic E-state index is 0.0386. The lowest BCUT2D eigenvalue weighted by molar-refractivity contribution is -0.440. The molecule has 0 amide bonds. The van der Waals surface area contributed by atoms with Crippen LogP contribution >= 0.6 is 0 Å². The number of nitrogens with one attached hydrogen (secondary N) is 1. The zero-order valence-corrected chi connectivity index (χ0v) is 11.0. The molecule has 0 aliphatic heterocycles. The van der Waals surface area contributed by atoms with Crippen LogP contribution in [-0.4, -0.2) is 20.9 Å². The summed E-state index contributed by atoms with van der Waals surface area (Å²) >= 11 is 0. The summed E-state index contributed by atoms with van der Waals surface area (Å²) in [4.78, 5) is 21.1. The molecule has 0 spiro atoms. The molecule has 0 aliphatic rings. The maximum Gasteiger partial charge on any atom is 0.340 e. The van der Waals surface area contributed by atoms with Crippen LogP contribution in [0.1, 0.15) is 10.4 Å². The number of hydrogen-bond donors (Lipinski definition) is 2. The second kappa shape index (κ2) is 6.31. The van der Waals surface area contributed by atoms with Crippen molar-refractivity contribution in [1.82, 2.24) is 0 Å². The number of carbonyl (C=O) groups is 1. The largest absolute Gasteiger partial charge is 0.691 e. The fraction of sp³-hybridized carbons (Fsp3) is 0. The van der Waals surface area contributed by atoms with Crippen molar-refractivity contribution in [1.29, 1.82) is 0 Å². The Hall–Kier alpha value is -3.49. The van der Waals surface area contributed by atoms with Crippen molar-refractivity contribution >= 4 is 23.0 Å². The summed E-state index contributed by atoms with van der Waals surface area (Å²) in [5.41, 5.74) is 2.38. The van der Waals surface area contributed by atoms with Crippen molar-refractivity contribution in [2.45, 2.75) is 0 Å². The first-order valence-electron chi connectivity index (χ1n) is 5.99. The van der Waals surface area contributed by atoms with Crippen molar-refractivity contribution in [2.75, 3.05) is 5.43 Å². The van der Waals surface area contributed by atoms with Crippen molar-refractivity contribution in [3.8, 4) is 0 Å². The molecule has 0 bridgehead atoms. The van der Waals surface area contributed by atoms with Crippen molar-refractivity contribution in [3.05, 3.63) is 69.4 Å². The zero-order valence-electron chi connectivity index (χ0n) is 11.0. The Labute approximate surface area is 123 Å². The minimum Gasteiger partial charge on any atom is -0.691 e. The third-order valence-corrected chi connectivity index (χ3v) is 2.70. The van der Waals surface area contributed by atoms with E-state index in [2.05, 4.69) is 10.6 Å². The molecule has 2 aromatic rings. The van der Waals surface area contributed by atoms with Gasteiger partial charge in [-0.1, -0.05) is 12.1 Å². The van der Waals surface area contributed by atoms with Gasteiger partial charge >= 0.3 is 5.97 Å². The highest BCUT2D eigenvalue weighted by Crippen LogP contribution is 2.19. The van der Waals surface area contributed by atoms with Crippen LogP contribution in [-0.2, 0) is 0 Å². The molecule has 2 aromatic carbocycles. The van der Waals surface area contributed by atoms with Crippen LogP contribution in [0.5, 0.6) is 0 Å². The highest BCUT2D eigenvalue weighted by molar-refractivity contribution is 5.94. The third kappa shape index (κ3) is 3.33. The van der Waals surface area contributed by atoms with Gasteiger partial charge in [0.15, 0.2) is 11.4 Å². The summed E-state index contributed by atoms with van der Waals surface area (Å²) in [6.07, 6.45) is 0. The number of carboxylic acid groups (broad SMARTS) is 1. The maximum atomic E-state index is 11.8. The van der Waals surface area contributed by atoms with E-state index in [-0.39, 0.29) is 27.5 Å². The van der Waals surface area contributed by atoms with Gasteiger partial charge < -0.3 is 10.3 Å². The van der Waals surface area contributed by atoms with Gasteiger partial charge in [-0.2, -0.15) is 0 Å². The first-order chi connectivity index (χ1) is 10.5. The number of carboxylic acids is 1. The van der Waals surface area contributed by atoms with E-state index >= 15 is 0 Å². The highest BCUT2D eigenvalue weighted by atomic mass is 16.6. The summed E-state index contributed by atoms with van der Waals surface area (Å²) in [6.45, 7) is 0. The smallest absolute Gasteiger partial charge is 0.340 e. The summed E-state index contributed by atoms with van der Waals surface area (Å²) in [6, 6.07) is 10.8. The summed E-state index contributed by atoms with van der Waals surface area (Å²) in [5, 5.41) is 34.7. The molecule has 0 aromatic heterocycles. The van der Waals surface area contributed by atoms with Gasteiger partial charge in [0.1, 0.15) is 5.56 Å². The van der Waals surface area contributed by atoms with E-state index in [9.17, 15) is 20.1 Å². The number of nitro benzene ring substituents is 1. The Kier molecular flexibility index (Phi) is 4.27. The van der Waals surface area contributed by atoms with Gasteiger partial charge in [-0.25, -0.2) is 4.79 Å². The molecule has 0 atom stereocenters. The van der Waals surface area contributed by atoms with Crippen molar-refractivity contribution in [3.63, 3.8) is 0 Å². The van der Waals surface area contributed by atoms with Crippen LogP contribution < -0.4 is 5.43 Å². The zero-order chi connectivity index (χ0) is 16.1. The Morgan fingerprint density at radius 2 is 1.64 bits per heavy atom. The fourth-order valence-electron chi connectivity index (χ4n) is 1.63. The molecule has 0 fully saturated rings. The molecule has 0 saturated carbocycles. The number of aromatic carboxylic acids is 1. The van der Waals surface area contributed by atoms with Gasteiger partial charge in [0.2, 0.25) is 0 Å². The number of para-hydroxylation sites is 1. The quantitative estimate of drug-likeness (QED) is 0.378. The predicted molar refractivity (Wildman–Crippen MR) is 75.8 cm³/mol. The van der Waals surface area contributed by atoms with E-state index in [1.807, 2.05) is 0 Å². The molecule has 112 valence electrons. The number of benzene rings is 2. The number of nitro groups is 1. The van der Waals surface area contributed by atoms with Gasteiger partial charge in [-0.05, 0) is 24.3 Å². The van der Waals surface area contributed by atoms with E-state index in [1.54, 1.807) is 12.1 Å². The van der Waals surface area contributed by atoms with E-state index in [1.165, 1.54) is 36.4 Å². The number of rotatable bonds is 5. The molecule has 9 heteroatoms. The third-order valence-electron chi connectivity index (χ3n) is 2.70. The van der Waals surface area contributed by atoms with Gasteiger partial charge in [0.05, 0.1) is 10.1 Å². The normalized spacial score (nSPS) is 11.0. The average Bonchev–Trinajstić information content (AvgIpc) is 2.52. The van der Waals surface area contributed by atoms with Crippen LogP contribution in [0.4, 0.5) is 17.1 Å². The summed E-state index contributed by atoms with van der Waals surface area (Å²) in [5.74, 6) is -1.16. The topological polar surface area (TPSA) is 131 Å². The fourth-order valence-corrected chi connectivity index (χ4v) is 1.63. The first kappa shape index (κ1) is 14.9. The van der Waals surface area contributed by atoms with E-state index in [0.29, 0.717) is 0 Å². The van der Waals surface area contributed by atoms with Gasteiger partial charge in [-0.15, -0.1) is 10.3 Å². The predicted octanol–water partition coefficient (Wildman–Crippen LogP) is 2.91. The summed E-state index contributed by atoms with van der Waals surface area (Å²) in [7, 11) is 0. The molecule has 0 saturated heterocycles. The Bertz CT molecular complexity index is 742. The molecule has 22 heavy (non-hydrogen) atoms. The molecular weight excluding hydrogens is 292 g/mol. The molecular formula is C13H10N4O5. The number of non-ortho nitro benzene ring substituents is 1. The standard InChI is InChI=1S/C13H10N4O5/c18-13(19)11-3-1-2-4-12(11)14-15-16(20)9-5-7-10(8-6-9)17(21)22/h1-8,14H,(H,18,19). The minimum atomic E-state index is -1.16. The molecule has 9 nitrogen and oxygen atoms in total. The Balaban J connectivity index is 2.19. The molecule has 2 N–H and O–H groups in total. The van der Waals surface area contributed by atoms with Crippen molar-refractivity contribution in [2.24, 2.45) is 5.22 Å². The SMILES string of the molecule is O=C(O)c1ccccc1NN=[N+]([O-])c1ccc([N+](=O)[O-])cc1. The molecule has 2 rings (SSSR count). The van der Waals surface area contributed by atoms with E-state index < -0.39 is 10.9 Å². The van der Waals surface area contributed by atoms with Gasteiger partial charge in [0.25, 0.3) is 5.69 Å². The number of nitrogens with zero attached hydrogens (tertiary/aromatic N) is 3. The van der Waals surface area contributed by atoms with Crippen LogP contribution in [0.25, 0.3) is 0 Å². The molecule has 0 aliphatic carbocycles. The monoisotopic (exact) mass is 302 g/mol.